The molecule has 2 rings (SSSR count). The molecule has 3 heteroatoms. The van der Waals surface area contributed by atoms with Gasteiger partial charge < -0.3 is 5.32 Å². The fourth-order valence-electron chi connectivity index (χ4n) is 2.30. The van der Waals surface area contributed by atoms with Gasteiger partial charge >= 0.3 is 0 Å². The lowest BCUT2D eigenvalue weighted by Crippen LogP contribution is -2.26. The van der Waals surface area contributed by atoms with Crippen LogP contribution in [0.4, 0.5) is 0 Å². The van der Waals surface area contributed by atoms with Crippen LogP contribution < -0.4 is 5.32 Å². The van der Waals surface area contributed by atoms with Crippen LogP contribution in [0.5, 0.6) is 0 Å². The molecule has 0 saturated heterocycles. The largest absolute Gasteiger partial charge is 0.316 e. The normalized spacial score (nSPS) is 15.3. The molecule has 1 heterocycles. The molecule has 1 saturated carbocycles. The SMILES string of the molecule is CCCN(Cc1ccc(CNC)cn1)CC1CC1. The van der Waals surface area contributed by atoms with Gasteiger partial charge in [-0.15, -0.1) is 0 Å². The Morgan fingerprint density at radius 2 is 2.22 bits per heavy atom. The molecular formula is C15H25N3. The maximum atomic E-state index is 4.57. The summed E-state index contributed by atoms with van der Waals surface area (Å²) in [6.45, 7) is 6.60. The predicted octanol–water partition coefficient (Wildman–Crippen LogP) is 2.42. The van der Waals surface area contributed by atoms with E-state index in [1.165, 1.54) is 43.6 Å². The van der Waals surface area contributed by atoms with Gasteiger partial charge in [0.1, 0.15) is 0 Å². The zero-order valence-electron chi connectivity index (χ0n) is 11.7. The van der Waals surface area contributed by atoms with Crippen LogP contribution in [0, 0.1) is 5.92 Å². The Kier molecular flexibility index (Phi) is 5.14. The molecule has 3 nitrogen and oxygen atoms in total. The molecule has 0 radical (unpaired) electrons. The van der Waals surface area contributed by atoms with E-state index < -0.39 is 0 Å². The van der Waals surface area contributed by atoms with Crippen molar-refractivity contribution in [3.8, 4) is 0 Å². The molecule has 0 atom stereocenters. The van der Waals surface area contributed by atoms with Crippen molar-refractivity contribution in [2.24, 2.45) is 5.92 Å². The molecule has 0 unspecified atom stereocenters. The van der Waals surface area contributed by atoms with Gasteiger partial charge in [-0.3, -0.25) is 9.88 Å². The number of hydrogen-bond acceptors (Lipinski definition) is 3. The standard InChI is InChI=1S/C15H25N3/c1-3-8-18(11-13-4-5-13)12-15-7-6-14(9-16-2)10-17-15/h6-7,10,13,16H,3-5,8-9,11-12H2,1-2H3. The van der Waals surface area contributed by atoms with Gasteiger partial charge in [0.15, 0.2) is 0 Å². The molecule has 0 aromatic carbocycles. The number of rotatable bonds is 8. The number of nitrogens with one attached hydrogen (secondary N) is 1. The Bertz CT molecular complexity index is 343. The van der Waals surface area contributed by atoms with Gasteiger partial charge in [-0.2, -0.15) is 0 Å². The van der Waals surface area contributed by atoms with Crippen LogP contribution in [0.3, 0.4) is 0 Å². The second-order valence-electron chi connectivity index (χ2n) is 5.37. The summed E-state index contributed by atoms with van der Waals surface area (Å²) in [5.74, 6) is 0.958. The first-order chi connectivity index (χ1) is 8.81. The summed E-state index contributed by atoms with van der Waals surface area (Å²) < 4.78 is 0. The van der Waals surface area contributed by atoms with Crippen molar-refractivity contribution in [1.82, 2.24) is 15.2 Å². The van der Waals surface area contributed by atoms with Crippen molar-refractivity contribution in [2.75, 3.05) is 20.1 Å². The molecule has 1 fully saturated rings. The molecule has 0 amide bonds. The Morgan fingerprint density at radius 1 is 1.39 bits per heavy atom. The van der Waals surface area contributed by atoms with E-state index >= 15 is 0 Å². The van der Waals surface area contributed by atoms with Crippen molar-refractivity contribution in [1.29, 1.82) is 0 Å². The van der Waals surface area contributed by atoms with E-state index in [2.05, 4.69) is 34.3 Å². The molecular weight excluding hydrogens is 222 g/mol. The Morgan fingerprint density at radius 3 is 2.78 bits per heavy atom. The highest BCUT2D eigenvalue weighted by Gasteiger charge is 2.24. The summed E-state index contributed by atoms with van der Waals surface area (Å²) in [6.07, 6.45) is 6.07. The second kappa shape index (κ2) is 6.86. The quantitative estimate of drug-likeness (QED) is 0.764. The Hall–Kier alpha value is -0.930. The third-order valence-corrected chi connectivity index (χ3v) is 3.41. The molecule has 0 spiro atoms. The molecule has 1 aliphatic carbocycles. The molecule has 100 valence electrons. The van der Waals surface area contributed by atoms with Crippen molar-refractivity contribution in [2.45, 2.75) is 39.3 Å². The summed E-state index contributed by atoms with van der Waals surface area (Å²) in [4.78, 5) is 7.12. The Balaban J connectivity index is 1.88. The van der Waals surface area contributed by atoms with Crippen LogP contribution in [0.2, 0.25) is 0 Å². The van der Waals surface area contributed by atoms with E-state index in [4.69, 9.17) is 0 Å². The first-order valence-corrected chi connectivity index (χ1v) is 7.12. The molecule has 0 bridgehead atoms. The lowest BCUT2D eigenvalue weighted by atomic mass is 10.2. The minimum atomic E-state index is 0.897. The lowest BCUT2D eigenvalue weighted by Gasteiger charge is -2.21. The number of pyridine rings is 1. The first-order valence-electron chi connectivity index (χ1n) is 7.12. The second-order valence-corrected chi connectivity index (χ2v) is 5.37. The van der Waals surface area contributed by atoms with Gasteiger partial charge in [0.25, 0.3) is 0 Å². The van der Waals surface area contributed by atoms with Crippen molar-refractivity contribution >= 4 is 0 Å². The highest BCUT2D eigenvalue weighted by Crippen LogP contribution is 2.30. The summed E-state index contributed by atoms with van der Waals surface area (Å²) in [7, 11) is 1.96. The Labute approximate surface area is 111 Å². The van der Waals surface area contributed by atoms with E-state index in [0.29, 0.717) is 0 Å². The van der Waals surface area contributed by atoms with E-state index in [1.807, 2.05) is 13.2 Å². The minimum absolute atomic E-state index is 0.897. The van der Waals surface area contributed by atoms with Crippen molar-refractivity contribution in [3.63, 3.8) is 0 Å². The maximum absolute atomic E-state index is 4.57. The van der Waals surface area contributed by atoms with Gasteiger partial charge in [0, 0.05) is 25.8 Å². The third-order valence-electron chi connectivity index (χ3n) is 3.41. The molecule has 1 aromatic rings. The average Bonchev–Trinajstić information content (AvgIpc) is 3.16. The number of aromatic nitrogens is 1. The molecule has 0 aliphatic heterocycles. The smallest absolute Gasteiger partial charge is 0.0544 e. The van der Waals surface area contributed by atoms with Crippen molar-refractivity contribution < 1.29 is 0 Å². The van der Waals surface area contributed by atoms with Crippen LogP contribution >= 0.6 is 0 Å². The van der Waals surface area contributed by atoms with E-state index in [1.54, 1.807) is 0 Å². The first kappa shape index (κ1) is 13.5. The fraction of sp³-hybridized carbons (Fsp3) is 0.667. The number of hydrogen-bond donors (Lipinski definition) is 1. The molecule has 18 heavy (non-hydrogen) atoms. The zero-order valence-corrected chi connectivity index (χ0v) is 11.7. The summed E-state index contributed by atoms with van der Waals surface area (Å²) in [5, 5.41) is 3.15. The highest BCUT2D eigenvalue weighted by molar-refractivity contribution is 5.13. The van der Waals surface area contributed by atoms with E-state index in [9.17, 15) is 0 Å². The predicted molar refractivity (Wildman–Crippen MR) is 75.3 cm³/mol. The van der Waals surface area contributed by atoms with Gasteiger partial charge in [-0.05, 0) is 50.4 Å². The third kappa shape index (κ3) is 4.39. The van der Waals surface area contributed by atoms with E-state index in [0.717, 1.165) is 19.0 Å². The lowest BCUT2D eigenvalue weighted by molar-refractivity contribution is 0.252. The van der Waals surface area contributed by atoms with Gasteiger partial charge in [0.05, 0.1) is 5.69 Å². The zero-order chi connectivity index (χ0) is 12.8. The van der Waals surface area contributed by atoms with Crippen LogP contribution in [-0.4, -0.2) is 30.0 Å². The highest BCUT2D eigenvalue weighted by atomic mass is 15.1. The van der Waals surface area contributed by atoms with Crippen molar-refractivity contribution in [3.05, 3.63) is 29.6 Å². The number of nitrogens with zero attached hydrogens (tertiary/aromatic N) is 2. The monoisotopic (exact) mass is 247 g/mol. The van der Waals surface area contributed by atoms with Gasteiger partial charge in [-0.1, -0.05) is 13.0 Å². The maximum Gasteiger partial charge on any atom is 0.0544 e. The topological polar surface area (TPSA) is 28.2 Å². The van der Waals surface area contributed by atoms with Crippen LogP contribution in [0.1, 0.15) is 37.4 Å². The van der Waals surface area contributed by atoms with Crippen LogP contribution in [0.15, 0.2) is 18.3 Å². The average molecular weight is 247 g/mol. The van der Waals surface area contributed by atoms with E-state index in [-0.39, 0.29) is 0 Å². The molecule has 1 N–H and O–H groups in total. The van der Waals surface area contributed by atoms with Crippen LogP contribution in [0.25, 0.3) is 0 Å². The summed E-state index contributed by atoms with van der Waals surface area (Å²) in [5.41, 5.74) is 2.45. The summed E-state index contributed by atoms with van der Waals surface area (Å²) >= 11 is 0. The van der Waals surface area contributed by atoms with Gasteiger partial charge in [-0.25, -0.2) is 0 Å². The van der Waals surface area contributed by atoms with Gasteiger partial charge in [0.2, 0.25) is 0 Å². The minimum Gasteiger partial charge on any atom is -0.316 e. The summed E-state index contributed by atoms with van der Waals surface area (Å²) in [6, 6.07) is 4.35. The molecule has 1 aromatic heterocycles. The fourth-order valence-corrected chi connectivity index (χ4v) is 2.30. The molecule has 1 aliphatic rings. The van der Waals surface area contributed by atoms with Crippen LogP contribution in [-0.2, 0) is 13.1 Å².